The molecule has 1 atom stereocenters. The van der Waals surface area contributed by atoms with E-state index in [0.717, 1.165) is 31.4 Å². The molecule has 0 bridgehead atoms. The first-order chi connectivity index (χ1) is 9.66. The zero-order valence-electron chi connectivity index (χ0n) is 11.5. The molecule has 2 fully saturated rings. The Balaban J connectivity index is 1.47. The summed E-state index contributed by atoms with van der Waals surface area (Å²) in [6.45, 7) is 1.32. The molecule has 1 aliphatic carbocycles. The molecule has 3 aliphatic rings. The number of benzene rings is 1. The van der Waals surface area contributed by atoms with Crippen LogP contribution < -0.4 is 5.32 Å². The number of nitrogens with zero attached hydrogens (tertiary/aromatic N) is 1. The fraction of sp³-hybridized carbons (Fsp3) is 0.562. The molecule has 1 aromatic rings. The average molecular weight is 272 g/mol. The number of rotatable bonds is 2. The first-order valence-corrected chi connectivity index (χ1v) is 7.51. The van der Waals surface area contributed by atoms with E-state index in [1.165, 1.54) is 5.56 Å². The highest BCUT2D eigenvalue weighted by Crippen LogP contribution is 2.45. The molecule has 0 aromatic heterocycles. The zero-order valence-corrected chi connectivity index (χ0v) is 11.5. The Bertz CT molecular complexity index is 547. The molecule has 0 radical (unpaired) electrons. The van der Waals surface area contributed by atoms with Crippen LogP contribution in [0.15, 0.2) is 24.3 Å². The molecule has 1 unspecified atom stereocenters. The molecule has 1 saturated heterocycles. The highest BCUT2D eigenvalue weighted by atomic mass is 16.3. The normalized spacial score (nSPS) is 29.1. The largest absolute Gasteiger partial charge is 0.387 e. The molecule has 106 valence electrons. The number of fused-ring (bicyclic) bond motifs is 1. The lowest BCUT2D eigenvalue weighted by molar-refractivity contribution is -0.146. The molecule has 20 heavy (non-hydrogen) atoms. The Labute approximate surface area is 118 Å². The summed E-state index contributed by atoms with van der Waals surface area (Å²) in [5.74, 6) is 0.553. The van der Waals surface area contributed by atoms with Crippen molar-refractivity contribution >= 4 is 11.6 Å². The minimum absolute atomic E-state index is 0.0767. The van der Waals surface area contributed by atoms with E-state index in [1.54, 1.807) is 0 Å². The lowest BCUT2D eigenvalue weighted by atomic mass is 9.86. The number of aryl methyl sites for hydroxylation is 1. The molecule has 4 rings (SSSR count). The van der Waals surface area contributed by atoms with E-state index in [9.17, 15) is 9.90 Å². The summed E-state index contributed by atoms with van der Waals surface area (Å²) in [6.07, 6.45) is 4.04. The summed E-state index contributed by atoms with van der Waals surface area (Å²) in [6, 6.07) is 7.91. The van der Waals surface area contributed by atoms with E-state index >= 15 is 0 Å². The second kappa shape index (κ2) is 4.30. The molecule has 0 spiro atoms. The number of β-amino-alcohol motifs (C(OH)–C–C–N with tert-alkyl or cyclic N) is 1. The van der Waals surface area contributed by atoms with Crippen LogP contribution in [0.25, 0.3) is 0 Å². The molecule has 2 N–H and O–H groups in total. The summed E-state index contributed by atoms with van der Waals surface area (Å²) < 4.78 is 0. The SMILES string of the molecule is O=C1Nc2ccccc2CCC1N1CC(O)(C2CC2)C1. The Morgan fingerprint density at radius 3 is 2.70 bits per heavy atom. The third-order valence-electron chi connectivity index (χ3n) is 5.00. The second-order valence-corrected chi connectivity index (χ2v) is 6.48. The van der Waals surface area contributed by atoms with Crippen molar-refractivity contribution < 1.29 is 9.90 Å². The first kappa shape index (κ1) is 12.4. The van der Waals surface area contributed by atoms with Crippen LogP contribution in [-0.4, -0.2) is 40.6 Å². The molecular formula is C16H20N2O2. The number of para-hydroxylation sites is 1. The van der Waals surface area contributed by atoms with E-state index in [0.29, 0.717) is 19.0 Å². The number of nitrogens with one attached hydrogen (secondary N) is 1. The van der Waals surface area contributed by atoms with Gasteiger partial charge < -0.3 is 10.4 Å². The fourth-order valence-corrected chi connectivity index (χ4v) is 3.60. The van der Waals surface area contributed by atoms with E-state index in [2.05, 4.69) is 16.3 Å². The number of hydrogen-bond acceptors (Lipinski definition) is 3. The number of aliphatic hydroxyl groups is 1. The minimum Gasteiger partial charge on any atom is -0.387 e. The van der Waals surface area contributed by atoms with Gasteiger partial charge in [0, 0.05) is 18.8 Å². The van der Waals surface area contributed by atoms with Gasteiger partial charge >= 0.3 is 0 Å². The van der Waals surface area contributed by atoms with Crippen LogP contribution >= 0.6 is 0 Å². The first-order valence-electron chi connectivity index (χ1n) is 7.51. The molecule has 4 nitrogen and oxygen atoms in total. The van der Waals surface area contributed by atoms with Crippen LogP contribution in [0.4, 0.5) is 5.69 Å². The molecular weight excluding hydrogens is 252 g/mol. The van der Waals surface area contributed by atoms with E-state index in [-0.39, 0.29) is 11.9 Å². The number of carbonyl (C=O) groups is 1. The van der Waals surface area contributed by atoms with Crippen molar-refractivity contribution in [2.45, 2.75) is 37.3 Å². The minimum atomic E-state index is -0.514. The zero-order chi connectivity index (χ0) is 13.7. The van der Waals surface area contributed by atoms with Gasteiger partial charge in [-0.3, -0.25) is 9.69 Å². The maximum absolute atomic E-state index is 12.4. The van der Waals surface area contributed by atoms with Crippen molar-refractivity contribution in [3.8, 4) is 0 Å². The van der Waals surface area contributed by atoms with Gasteiger partial charge in [0.15, 0.2) is 0 Å². The van der Waals surface area contributed by atoms with Gasteiger partial charge in [0.25, 0.3) is 0 Å². The van der Waals surface area contributed by atoms with Gasteiger partial charge in [-0.05, 0) is 43.2 Å². The third-order valence-corrected chi connectivity index (χ3v) is 5.00. The van der Waals surface area contributed by atoms with Crippen molar-refractivity contribution in [3.05, 3.63) is 29.8 Å². The molecule has 4 heteroatoms. The van der Waals surface area contributed by atoms with Gasteiger partial charge in [0.1, 0.15) is 0 Å². The Kier molecular flexibility index (Phi) is 2.66. The summed E-state index contributed by atoms with van der Waals surface area (Å²) in [5.41, 5.74) is 1.64. The van der Waals surface area contributed by atoms with Crippen molar-refractivity contribution in [2.24, 2.45) is 5.92 Å². The maximum Gasteiger partial charge on any atom is 0.241 e. The van der Waals surface area contributed by atoms with Crippen molar-refractivity contribution in [1.82, 2.24) is 4.90 Å². The van der Waals surface area contributed by atoms with Crippen molar-refractivity contribution in [2.75, 3.05) is 18.4 Å². The Hall–Kier alpha value is -1.39. The van der Waals surface area contributed by atoms with Crippen molar-refractivity contribution in [3.63, 3.8) is 0 Å². The van der Waals surface area contributed by atoms with Crippen LogP contribution in [0.2, 0.25) is 0 Å². The standard InChI is InChI=1S/C16H20N2O2/c19-15-14(18-9-16(20,10-18)12-6-7-12)8-5-11-3-1-2-4-13(11)17-15/h1-4,12,14,20H,5-10H2,(H,17,19). The lowest BCUT2D eigenvalue weighted by Crippen LogP contribution is -2.67. The summed E-state index contributed by atoms with van der Waals surface area (Å²) in [4.78, 5) is 14.5. The number of hydrogen-bond donors (Lipinski definition) is 2. The highest BCUT2D eigenvalue weighted by molar-refractivity contribution is 5.96. The van der Waals surface area contributed by atoms with E-state index in [1.807, 2.05) is 18.2 Å². The van der Waals surface area contributed by atoms with E-state index < -0.39 is 5.60 Å². The summed E-state index contributed by atoms with van der Waals surface area (Å²) in [5, 5.41) is 13.4. The van der Waals surface area contributed by atoms with Crippen LogP contribution in [0.3, 0.4) is 0 Å². The maximum atomic E-state index is 12.4. The number of amides is 1. The van der Waals surface area contributed by atoms with Crippen molar-refractivity contribution in [1.29, 1.82) is 0 Å². The van der Waals surface area contributed by atoms with Gasteiger partial charge in [-0.2, -0.15) is 0 Å². The highest BCUT2D eigenvalue weighted by Gasteiger charge is 2.54. The Morgan fingerprint density at radius 2 is 1.95 bits per heavy atom. The number of anilines is 1. The predicted octanol–water partition coefficient (Wildman–Crippen LogP) is 1.40. The fourth-order valence-electron chi connectivity index (χ4n) is 3.60. The number of likely N-dealkylation sites (tertiary alicyclic amines) is 1. The molecule has 1 amide bonds. The van der Waals surface area contributed by atoms with Gasteiger partial charge in [-0.1, -0.05) is 18.2 Å². The average Bonchev–Trinajstić information content (AvgIpc) is 3.22. The van der Waals surface area contributed by atoms with Crippen LogP contribution in [-0.2, 0) is 11.2 Å². The Morgan fingerprint density at radius 1 is 1.20 bits per heavy atom. The summed E-state index contributed by atoms with van der Waals surface area (Å²) in [7, 11) is 0. The van der Waals surface area contributed by atoms with E-state index in [4.69, 9.17) is 0 Å². The summed E-state index contributed by atoms with van der Waals surface area (Å²) >= 11 is 0. The molecule has 1 saturated carbocycles. The van der Waals surface area contributed by atoms with Gasteiger partial charge in [0.2, 0.25) is 5.91 Å². The quantitative estimate of drug-likeness (QED) is 0.855. The van der Waals surface area contributed by atoms with Gasteiger partial charge in [-0.15, -0.1) is 0 Å². The monoisotopic (exact) mass is 272 g/mol. The van der Waals surface area contributed by atoms with Gasteiger partial charge in [0.05, 0.1) is 11.6 Å². The topological polar surface area (TPSA) is 52.6 Å². The van der Waals surface area contributed by atoms with Gasteiger partial charge in [-0.25, -0.2) is 0 Å². The second-order valence-electron chi connectivity index (χ2n) is 6.48. The molecule has 2 aliphatic heterocycles. The number of carbonyl (C=O) groups excluding carboxylic acids is 1. The smallest absolute Gasteiger partial charge is 0.241 e. The molecule has 2 heterocycles. The van der Waals surface area contributed by atoms with Crippen LogP contribution in [0, 0.1) is 5.92 Å². The van der Waals surface area contributed by atoms with Crippen LogP contribution in [0.1, 0.15) is 24.8 Å². The van der Waals surface area contributed by atoms with Crippen LogP contribution in [0.5, 0.6) is 0 Å². The predicted molar refractivity (Wildman–Crippen MR) is 76.4 cm³/mol. The molecule has 1 aromatic carbocycles. The lowest BCUT2D eigenvalue weighted by Gasteiger charge is -2.49. The third kappa shape index (κ3) is 1.95.